The molecule has 3 rings (SSSR count). The Bertz CT molecular complexity index is 610. The lowest BCUT2D eigenvalue weighted by Gasteiger charge is -2.42. The second-order valence-electron chi connectivity index (χ2n) is 8.78. The zero-order chi connectivity index (χ0) is 18.7. The first-order valence-corrected chi connectivity index (χ1v) is 10.6. The van der Waals surface area contributed by atoms with Crippen molar-refractivity contribution in [1.82, 2.24) is 14.7 Å². The van der Waals surface area contributed by atoms with Crippen molar-refractivity contribution < 1.29 is 4.79 Å². The number of rotatable bonds is 6. The van der Waals surface area contributed by atoms with E-state index in [1.807, 2.05) is 4.90 Å². The SMILES string of the molecule is CCCN(CCC)C(=O)c1cnn2c1NC(C1CCCCC1)CC2(C)C. The van der Waals surface area contributed by atoms with Gasteiger partial charge in [0.15, 0.2) is 0 Å². The summed E-state index contributed by atoms with van der Waals surface area (Å²) in [5.74, 6) is 1.79. The Hall–Kier alpha value is -1.52. The highest BCUT2D eigenvalue weighted by molar-refractivity contribution is 5.99. The summed E-state index contributed by atoms with van der Waals surface area (Å²) in [6, 6.07) is 0.451. The van der Waals surface area contributed by atoms with Gasteiger partial charge in [-0.1, -0.05) is 33.1 Å². The van der Waals surface area contributed by atoms with Gasteiger partial charge in [-0.3, -0.25) is 4.79 Å². The van der Waals surface area contributed by atoms with Gasteiger partial charge in [0.25, 0.3) is 5.91 Å². The summed E-state index contributed by atoms with van der Waals surface area (Å²) in [5.41, 5.74) is 0.696. The quantitative estimate of drug-likeness (QED) is 0.803. The molecule has 1 atom stereocenters. The lowest BCUT2D eigenvalue weighted by Crippen LogP contribution is -2.46. The predicted molar refractivity (Wildman–Crippen MR) is 107 cm³/mol. The fraction of sp³-hybridized carbons (Fsp3) is 0.810. The van der Waals surface area contributed by atoms with Crippen LogP contribution in [0.15, 0.2) is 6.20 Å². The third-order valence-corrected chi connectivity index (χ3v) is 6.11. The molecular weight excluding hydrogens is 324 g/mol. The summed E-state index contributed by atoms with van der Waals surface area (Å²) in [7, 11) is 0. The molecule has 1 saturated carbocycles. The number of nitrogens with zero attached hydrogens (tertiary/aromatic N) is 3. The Kier molecular flexibility index (Phi) is 5.93. The van der Waals surface area contributed by atoms with Crippen LogP contribution in [0.1, 0.15) is 89.4 Å². The van der Waals surface area contributed by atoms with E-state index < -0.39 is 0 Å². The van der Waals surface area contributed by atoms with E-state index in [2.05, 4.69) is 42.8 Å². The summed E-state index contributed by atoms with van der Waals surface area (Å²) < 4.78 is 2.05. The molecule has 1 aliphatic heterocycles. The van der Waals surface area contributed by atoms with Gasteiger partial charge in [0, 0.05) is 19.1 Å². The number of aromatic nitrogens is 2. The van der Waals surface area contributed by atoms with E-state index in [1.165, 1.54) is 32.1 Å². The van der Waals surface area contributed by atoms with E-state index in [0.717, 1.165) is 49.7 Å². The van der Waals surface area contributed by atoms with E-state index in [4.69, 9.17) is 0 Å². The minimum absolute atomic E-state index is 0.0540. The Morgan fingerprint density at radius 2 is 1.88 bits per heavy atom. The summed E-state index contributed by atoms with van der Waals surface area (Å²) in [6.45, 7) is 10.4. The molecule has 1 fully saturated rings. The molecule has 1 amide bonds. The van der Waals surface area contributed by atoms with Gasteiger partial charge in [-0.05, 0) is 51.9 Å². The zero-order valence-electron chi connectivity index (χ0n) is 17.1. The molecule has 0 radical (unpaired) electrons. The summed E-state index contributed by atoms with van der Waals surface area (Å²) in [6.07, 6.45) is 11.5. The van der Waals surface area contributed by atoms with Gasteiger partial charge in [0.1, 0.15) is 11.4 Å². The molecule has 5 nitrogen and oxygen atoms in total. The first kappa shape index (κ1) is 19.2. The Morgan fingerprint density at radius 3 is 2.50 bits per heavy atom. The summed E-state index contributed by atoms with van der Waals surface area (Å²) in [5, 5.41) is 8.36. The van der Waals surface area contributed by atoms with E-state index in [9.17, 15) is 4.79 Å². The van der Waals surface area contributed by atoms with Gasteiger partial charge >= 0.3 is 0 Å². The van der Waals surface area contributed by atoms with Crippen LogP contribution in [-0.2, 0) is 5.54 Å². The number of carbonyl (C=O) groups is 1. The summed E-state index contributed by atoms with van der Waals surface area (Å²) in [4.78, 5) is 15.2. The number of nitrogens with one attached hydrogen (secondary N) is 1. The van der Waals surface area contributed by atoms with Gasteiger partial charge in [-0.15, -0.1) is 0 Å². The number of hydrogen-bond acceptors (Lipinski definition) is 3. The molecular formula is C21H36N4O. The van der Waals surface area contributed by atoms with Crippen LogP contribution in [0.2, 0.25) is 0 Å². The number of hydrogen-bond donors (Lipinski definition) is 1. The van der Waals surface area contributed by atoms with Gasteiger partial charge in [0.2, 0.25) is 0 Å². The molecule has 1 unspecified atom stereocenters. The third kappa shape index (κ3) is 3.77. The maximum absolute atomic E-state index is 13.2. The van der Waals surface area contributed by atoms with Crippen molar-refractivity contribution in [3.05, 3.63) is 11.8 Å². The molecule has 146 valence electrons. The first-order chi connectivity index (χ1) is 12.5. The Morgan fingerprint density at radius 1 is 1.23 bits per heavy atom. The van der Waals surface area contributed by atoms with Crippen LogP contribution in [0.5, 0.6) is 0 Å². The topological polar surface area (TPSA) is 50.2 Å². The van der Waals surface area contributed by atoms with Crippen LogP contribution in [0.25, 0.3) is 0 Å². The van der Waals surface area contributed by atoms with E-state index in [1.54, 1.807) is 6.20 Å². The van der Waals surface area contributed by atoms with E-state index >= 15 is 0 Å². The molecule has 0 bridgehead atoms. The zero-order valence-corrected chi connectivity index (χ0v) is 17.1. The van der Waals surface area contributed by atoms with Crippen molar-refractivity contribution in [3.8, 4) is 0 Å². The molecule has 26 heavy (non-hydrogen) atoms. The largest absolute Gasteiger partial charge is 0.366 e. The number of fused-ring (bicyclic) bond motifs is 1. The van der Waals surface area contributed by atoms with Gasteiger partial charge in [-0.25, -0.2) is 4.68 Å². The van der Waals surface area contributed by atoms with Gasteiger partial charge in [-0.2, -0.15) is 5.10 Å². The minimum Gasteiger partial charge on any atom is -0.366 e. The molecule has 1 aromatic heterocycles. The highest BCUT2D eigenvalue weighted by Gasteiger charge is 2.39. The van der Waals surface area contributed by atoms with Crippen molar-refractivity contribution >= 4 is 11.7 Å². The van der Waals surface area contributed by atoms with Crippen LogP contribution in [0, 0.1) is 5.92 Å². The molecule has 1 N–H and O–H groups in total. The second-order valence-corrected chi connectivity index (χ2v) is 8.78. The average Bonchev–Trinajstić information content (AvgIpc) is 3.06. The Labute approximate surface area is 158 Å². The van der Waals surface area contributed by atoms with E-state index in [-0.39, 0.29) is 11.4 Å². The maximum Gasteiger partial charge on any atom is 0.259 e. The lowest BCUT2D eigenvalue weighted by molar-refractivity contribution is 0.0756. The predicted octanol–water partition coefficient (Wildman–Crippen LogP) is 4.64. The molecule has 1 aliphatic carbocycles. The van der Waals surface area contributed by atoms with Gasteiger partial charge < -0.3 is 10.2 Å². The van der Waals surface area contributed by atoms with Crippen LogP contribution >= 0.6 is 0 Å². The minimum atomic E-state index is -0.0540. The normalized spacial score (nSPS) is 22.5. The number of carbonyl (C=O) groups excluding carboxylic acids is 1. The third-order valence-electron chi connectivity index (χ3n) is 6.11. The summed E-state index contributed by atoms with van der Waals surface area (Å²) >= 11 is 0. The lowest BCUT2D eigenvalue weighted by atomic mass is 9.78. The molecule has 0 saturated heterocycles. The maximum atomic E-state index is 13.2. The van der Waals surface area contributed by atoms with Crippen LogP contribution in [0.4, 0.5) is 5.82 Å². The molecule has 0 spiro atoms. The average molecular weight is 361 g/mol. The molecule has 1 aromatic rings. The smallest absolute Gasteiger partial charge is 0.259 e. The number of anilines is 1. The molecule has 0 aromatic carbocycles. The highest BCUT2D eigenvalue weighted by atomic mass is 16.2. The van der Waals surface area contributed by atoms with Crippen molar-refractivity contribution in [2.24, 2.45) is 5.92 Å². The fourth-order valence-electron chi connectivity index (χ4n) is 4.80. The molecule has 2 heterocycles. The second kappa shape index (κ2) is 8.01. The highest BCUT2D eigenvalue weighted by Crippen LogP contribution is 2.39. The van der Waals surface area contributed by atoms with Crippen LogP contribution in [-0.4, -0.2) is 39.7 Å². The van der Waals surface area contributed by atoms with Gasteiger partial charge in [0.05, 0.1) is 11.7 Å². The molecule has 5 heteroatoms. The molecule has 2 aliphatic rings. The Balaban J connectivity index is 1.87. The van der Waals surface area contributed by atoms with Crippen molar-refractivity contribution in [2.75, 3.05) is 18.4 Å². The monoisotopic (exact) mass is 360 g/mol. The van der Waals surface area contributed by atoms with E-state index in [0.29, 0.717) is 6.04 Å². The number of amides is 1. The van der Waals surface area contributed by atoms with Crippen LogP contribution in [0.3, 0.4) is 0 Å². The van der Waals surface area contributed by atoms with Crippen molar-refractivity contribution in [1.29, 1.82) is 0 Å². The fourth-order valence-corrected chi connectivity index (χ4v) is 4.80. The first-order valence-electron chi connectivity index (χ1n) is 10.6. The van der Waals surface area contributed by atoms with Crippen molar-refractivity contribution in [3.63, 3.8) is 0 Å². The van der Waals surface area contributed by atoms with Crippen LogP contribution < -0.4 is 5.32 Å². The standard InChI is InChI=1S/C21H36N4O/c1-5-12-24(13-6-2)20(26)17-15-22-25-19(17)23-18(14-21(25,3)4)16-10-8-7-9-11-16/h15-16,18,23H,5-14H2,1-4H3. The van der Waals surface area contributed by atoms with Crippen molar-refractivity contribution in [2.45, 2.75) is 90.6 Å².